The van der Waals surface area contributed by atoms with Gasteiger partial charge in [0, 0.05) is 18.4 Å². The predicted molar refractivity (Wildman–Crippen MR) is 99.9 cm³/mol. The summed E-state index contributed by atoms with van der Waals surface area (Å²) in [6.45, 7) is 12.1. The molecule has 0 N–H and O–H groups in total. The quantitative estimate of drug-likeness (QED) is 0.644. The lowest BCUT2D eigenvalue weighted by Gasteiger charge is -2.45. The monoisotopic (exact) mass is 348 g/mol. The molecule has 1 aromatic rings. The lowest BCUT2D eigenvalue weighted by molar-refractivity contribution is -0.249. The molecule has 1 spiro atoms. The Morgan fingerprint density at radius 2 is 1.79 bits per heavy atom. The van der Waals surface area contributed by atoms with Crippen molar-refractivity contribution in [1.82, 2.24) is 0 Å². The van der Waals surface area contributed by atoms with Gasteiger partial charge in [0.25, 0.3) is 0 Å². The molecule has 0 aromatic heterocycles. The standard InChI is InChI=1S/C20H32O3Si/c1-19(2,3)24(4,5)21-15-18-16-11-7-8-12-17(16)22-20(23-18)13-9-6-10-14-20/h7-8,11-12,18H,6,9-10,13-15H2,1-5H3. The van der Waals surface area contributed by atoms with Crippen LogP contribution >= 0.6 is 0 Å². The molecule has 3 nitrogen and oxygen atoms in total. The van der Waals surface area contributed by atoms with E-state index in [4.69, 9.17) is 13.9 Å². The minimum atomic E-state index is -1.79. The van der Waals surface area contributed by atoms with Crippen LogP contribution in [0.15, 0.2) is 24.3 Å². The van der Waals surface area contributed by atoms with Crippen molar-refractivity contribution in [3.05, 3.63) is 29.8 Å². The van der Waals surface area contributed by atoms with E-state index < -0.39 is 14.1 Å². The molecule has 3 rings (SSSR count). The first-order chi connectivity index (χ1) is 11.2. The number of fused-ring (bicyclic) bond motifs is 1. The van der Waals surface area contributed by atoms with Crippen molar-refractivity contribution < 1.29 is 13.9 Å². The minimum absolute atomic E-state index is 0.0258. The van der Waals surface area contributed by atoms with Gasteiger partial charge in [0.05, 0.1) is 6.61 Å². The molecule has 2 aliphatic rings. The van der Waals surface area contributed by atoms with E-state index in [2.05, 4.69) is 52.1 Å². The number of rotatable bonds is 3. The van der Waals surface area contributed by atoms with Crippen LogP contribution in [0.3, 0.4) is 0 Å². The summed E-state index contributed by atoms with van der Waals surface area (Å²) >= 11 is 0. The Morgan fingerprint density at radius 1 is 1.12 bits per heavy atom. The van der Waals surface area contributed by atoms with E-state index in [9.17, 15) is 0 Å². The van der Waals surface area contributed by atoms with Crippen molar-refractivity contribution in [3.63, 3.8) is 0 Å². The number of ether oxygens (including phenoxy) is 2. The molecular formula is C20H32O3Si. The molecule has 0 bridgehead atoms. The van der Waals surface area contributed by atoms with Crippen molar-refractivity contribution in [1.29, 1.82) is 0 Å². The lowest BCUT2D eigenvalue weighted by Crippen LogP contribution is -2.47. The van der Waals surface area contributed by atoms with Crippen LogP contribution in [0.2, 0.25) is 18.1 Å². The first-order valence-electron chi connectivity index (χ1n) is 9.32. The second-order valence-corrected chi connectivity index (χ2v) is 13.6. The van der Waals surface area contributed by atoms with Gasteiger partial charge in [-0.25, -0.2) is 0 Å². The van der Waals surface area contributed by atoms with Gasteiger partial charge in [-0.05, 0) is 37.0 Å². The van der Waals surface area contributed by atoms with Gasteiger partial charge in [0.1, 0.15) is 11.9 Å². The van der Waals surface area contributed by atoms with Gasteiger partial charge in [-0.2, -0.15) is 0 Å². The molecule has 1 saturated carbocycles. The van der Waals surface area contributed by atoms with E-state index in [1.165, 1.54) is 19.3 Å². The minimum Gasteiger partial charge on any atom is -0.462 e. The molecule has 24 heavy (non-hydrogen) atoms. The van der Waals surface area contributed by atoms with Gasteiger partial charge in [0.15, 0.2) is 8.32 Å². The molecule has 1 heterocycles. The maximum absolute atomic E-state index is 6.52. The summed E-state index contributed by atoms with van der Waals surface area (Å²) < 4.78 is 19.3. The Labute approximate surface area is 147 Å². The average Bonchev–Trinajstić information content (AvgIpc) is 2.52. The smallest absolute Gasteiger partial charge is 0.211 e. The molecule has 1 aromatic carbocycles. The Morgan fingerprint density at radius 3 is 2.46 bits per heavy atom. The average molecular weight is 349 g/mol. The summed E-state index contributed by atoms with van der Waals surface area (Å²) in [7, 11) is -1.79. The zero-order valence-corrected chi connectivity index (χ0v) is 16.9. The van der Waals surface area contributed by atoms with Crippen molar-refractivity contribution in [2.45, 2.75) is 82.9 Å². The third kappa shape index (κ3) is 3.56. The maximum atomic E-state index is 6.52. The molecule has 134 valence electrons. The van der Waals surface area contributed by atoms with Crippen molar-refractivity contribution in [2.24, 2.45) is 0 Å². The van der Waals surface area contributed by atoms with Gasteiger partial charge in [-0.15, -0.1) is 0 Å². The summed E-state index contributed by atoms with van der Waals surface area (Å²) in [5.41, 5.74) is 1.13. The highest BCUT2D eigenvalue weighted by Gasteiger charge is 2.44. The summed E-state index contributed by atoms with van der Waals surface area (Å²) in [5, 5.41) is 0.209. The molecule has 4 heteroatoms. The highest BCUT2D eigenvalue weighted by molar-refractivity contribution is 6.74. The molecule has 1 aliphatic heterocycles. The third-order valence-corrected chi connectivity index (χ3v) is 10.4. The molecular weight excluding hydrogens is 316 g/mol. The SMILES string of the molecule is CC(C)(C)[Si](C)(C)OCC1OC2(CCCCC2)Oc2ccccc21. The van der Waals surface area contributed by atoms with E-state index in [1.54, 1.807) is 0 Å². The van der Waals surface area contributed by atoms with Crippen LogP contribution in [-0.2, 0) is 9.16 Å². The normalized spacial score (nSPS) is 23.6. The van der Waals surface area contributed by atoms with E-state index in [1.807, 2.05) is 6.07 Å². The van der Waals surface area contributed by atoms with Crippen molar-refractivity contribution >= 4 is 8.32 Å². The Balaban J connectivity index is 1.81. The van der Waals surface area contributed by atoms with Crippen LogP contribution in [0.4, 0.5) is 0 Å². The predicted octanol–water partition coefficient (Wildman–Crippen LogP) is 5.82. The van der Waals surface area contributed by atoms with Crippen LogP contribution < -0.4 is 4.74 Å². The molecule has 1 fully saturated rings. The first-order valence-corrected chi connectivity index (χ1v) is 12.2. The second-order valence-electron chi connectivity index (χ2n) is 8.79. The van der Waals surface area contributed by atoms with Gasteiger partial charge in [-0.1, -0.05) is 45.4 Å². The molecule has 1 atom stereocenters. The number of benzene rings is 1. The fourth-order valence-corrected chi connectivity index (χ4v) is 4.32. The highest BCUT2D eigenvalue weighted by atomic mass is 28.4. The molecule has 0 amide bonds. The molecule has 1 unspecified atom stereocenters. The topological polar surface area (TPSA) is 27.7 Å². The zero-order valence-electron chi connectivity index (χ0n) is 15.9. The molecule has 0 radical (unpaired) electrons. The number of para-hydroxylation sites is 1. The Hall–Kier alpha value is -0.843. The van der Waals surface area contributed by atoms with Crippen LogP contribution in [0.5, 0.6) is 5.75 Å². The van der Waals surface area contributed by atoms with Gasteiger partial charge >= 0.3 is 0 Å². The molecule has 0 saturated heterocycles. The maximum Gasteiger partial charge on any atom is 0.211 e. The molecule has 1 aliphatic carbocycles. The van der Waals surface area contributed by atoms with Gasteiger partial charge in [-0.3, -0.25) is 0 Å². The van der Waals surface area contributed by atoms with Crippen LogP contribution in [0.1, 0.15) is 64.5 Å². The van der Waals surface area contributed by atoms with E-state index in [-0.39, 0.29) is 11.1 Å². The summed E-state index contributed by atoms with van der Waals surface area (Å²) in [6, 6.07) is 8.30. The zero-order chi connectivity index (χ0) is 17.4. The number of hydrogen-bond acceptors (Lipinski definition) is 3. The van der Waals surface area contributed by atoms with E-state index >= 15 is 0 Å². The van der Waals surface area contributed by atoms with Crippen molar-refractivity contribution in [2.75, 3.05) is 6.61 Å². The number of hydrogen-bond donors (Lipinski definition) is 0. The summed E-state index contributed by atoms with van der Waals surface area (Å²) in [6.07, 6.45) is 5.58. The Kier molecular flexibility index (Phi) is 4.84. The first kappa shape index (κ1) is 18.0. The highest BCUT2D eigenvalue weighted by Crippen LogP contribution is 2.46. The fourth-order valence-electron chi connectivity index (χ4n) is 3.32. The Bertz CT molecular complexity index is 570. The fraction of sp³-hybridized carbons (Fsp3) is 0.700. The van der Waals surface area contributed by atoms with Gasteiger partial charge in [0.2, 0.25) is 5.79 Å². The largest absolute Gasteiger partial charge is 0.462 e. The summed E-state index contributed by atoms with van der Waals surface area (Å²) in [4.78, 5) is 0. The van der Waals surface area contributed by atoms with E-state index in [0.29, 0.717) is 6.61 Å². The van der Waals surface area contributed by atoms with Crippen LogP contribution in [0, 0.1) is 0 Å². The van der Waals surface area contributed by atoms with E-state index in [0.717, 1.165) is 24.2 Å². The van der Waals surface area contributed by atoms with Crippen LogP contribution in [-0.4, -0.2) is 20.7 Å². The van der Waals surface area contributed by atoms with Crippen LogP contribution in [0.25, 0.3) is 0 Å². The van der Waals surface area contributed by atoms with Gasteiger partial charge < -0.3 is 13.9 Å². The second kappa shape index (κ2) is 6.47. The summed E-state index contributed by atoms with van der Waals surface area (Å²) in [5.74, 6) is 0.545. The lowest BCUT2D eigenvalue weighted by atomic mass is 9.92. The third-order valence-electron chi connectivity index (χ3n) is 5.94. The van der Waals surface area contributed by atoms with Crippen molar-refractivity contribution in [3.8, 4) is 5.75 Å².